The number of rotatable bonds is 11. The number of carbonyl (C=O) groups excluding carboxylic acids is 10. The number of carboxylic acid groups (broad SMARTS) is 1. The molecule has 2 aliphatic rings. The number of aliphatic hydroxyl groups excluding tert-OH is 3. The maximum atomic E-state index is 14.0. The second kappa shape index (κ2) is 26.5. The Hall–Kier alpha value is -6.08. The number of aromatic amines is 1. The van der Waals surface area contributed by atoms with Gasteiger partial charge in [0.15, 0.2) is 0 Å². The highest BCUT2D eigenvalue weighted by atomic mass is 33.1. The van der Waals surface area contributed by atoms with Crippen LogP contribution in [0.2, 0.25) is 0 Å². The minimum atomic E-state index is -1.93. The quantitative estimate of drug-likeness (QED) is 0.0916. The molecule has 3 rings (SSSR count). The Morgan fingerprint density at radius 3 is 1.78 bits per heavy atom. The number of nitrogens with zero attached hydrogens (tertiary/aromatic N) is 2. The molecule has 0 bridgehead atoms. The molecule has 0 aliphatic carbocycles. The maximum absolute atomic E-state index is 14.0. The zero-order valence-electron chi connectivity index (χ0n) is 37.2. The van der Waals surface area contributed by atoms with E-state index in [0.717, 1.165) is 40.3 Å². The molecule has 2 saturated heterocycles. The summed E-state index contributed by atoms with van der Waals surface area (Å²) in [6.07, 6.45) is -4.31. The lowest BCUT2D eigenvalue weighted by atomic mass is 10.0. The van der Waals surface area contributed by atoms with Crippen LogP contribution in [0.25, 0.3) is 0 Å². The van der Waals surface area contributed by atoms with Crippen LogP contribution in [0, 0.1) is 0 Å². The minimum Gasteiger partial charge on any atom is -0.480 e. The fourth-order valence-corrected chi connectivity index (χ4v) is 9.07. The Kier molecular flexibility index (Phi) is 21.9. The van der Waals surface area contributed by atoms with Crippen LogP contribution < -0.4 is 54.4 Å². The first-order valence-corrected chi connectivity index (χ1v) is 23.6. The van der Waals surface area contributed by atoms with Crippen molar-refractivity contribution < 1.29 is 73.2 Å². The molecule has 10 amide bonds. The Morgan fingerprint density at radius 1 is 0.706 bits per heavy atom. The molecular weight excluding hydrogens is 943 g/mol. The van der Waals surface area contributed by atoms with Crippen molar-refractivity contribution >= 4 is 86.6 Å². The molecule has 18 N–H and O–H groups in total. The van der Waals surface area contributed by atoms with Crippen LogP contribution in [-0.2, 0) is 59.2 Å². The maximum Gasteiger partial charge on any atom is 0.327 e. The number of aromatic nitrogens is 2. The van der Waals surface area contributed by atoms with Gasteiger partial charge in [-0.05, 0) is 40.0 Å². The third kappa shape index (κ3) is 16.9. The predicted molar refractivity (Wildman–Crippen MR) is 238 cm³/mol. The third-order valence-corrected chi connectivity index (χ3v) is 12.9. The molecule has 0 saturated carbocycles. The van der Waals surface area contributed by atoms with E-state index in [4.69, 9.17) is 17.2 Å². The number of carbonyl (C=O) groups is 11. The van der Waals surface area contributed by atoms with Crippen molar-refractivity contribution in [3.8, 4) is 0 Å². The SMILES string of the molecule is C[C@@H](O)[C@@H]1NC(=O)[C@H](CCC(N)=O)NC(=O)[C@H](CC(N)=O)NC(=O)[C@H]([C@@H](C)O)NC(=O)[C@H](Cc2cnc[nH]2)NC(=O)[C@@H]2CCCN2C(=O)[C@H]([C@@H](C)O)NC(=O)[C@@H](N)CSSC[C@@H](C(=O)O)NC1=O. The number of hydrogen-bond acceptors (Lipinski definition) is 18. The van der Waals surface area contributed by atoms with E-state index < -0.39 is 157 Å². The van der Waals surface area contributed by atoms with Gasteiger partial charge in [0.1, 0.15) is 48.3 Å². The van der Waals surface area contributed by atoms with E-state index in [0.29, 0.717) is 5.69 Å². The first kappa shape index (κ1) is 56.2. The predicted octanol–water partition coefficient (Wildman–Crippen LogP) is -7.57. The zero-order chi connectivity index (χ0) is 51.0. The smallest absolute Gasteiger partial charge is 0.327 e. The Labute approximate surface area is 396 Å². The van der Waals surface area contributed by atoms with Crippen LogP contribution in [0.3, 0.4) is 0 Å². The van der Waals surface area contributed by atoms with Gasteiger partial charge < -0.3 is 84.7 Å². The van der Waals surface area contributed by atoms with Crippen LogP contribution in [0.15, 0.2) is 12.5 Å². The van der Waals surface area contributed by atoms with Gasteiger partial charge in [-0.15, -0.1) is 0 Å². The average Bonchev–Trinajstić information content (AvgIpc) is 3.97. The first-order chi connectivity index (χ1) is 31.9. The lowest BCUT2D eigenvalue weighted by Crippen LogP contribution is -2.63. The molecular formula is C38H59N13O15S2. The monoisotopic (exact) mass is 1000 g/mol. The van der Waals surface area contributed by atoms with Crippen molar-refractivity contribution in [2.24, 2.45) is 17.2 Å². The molecule has 1 aromatic heterocycles. The minimum absolute atomic E-state index is 0.00829. The summed E-state index contributed by atoms with van der Waals surface area (Å²) in [5.74, 6) is -12.9. The van der Waals surface area contributed by atoms with Gasteiger partial charge in [0.05, 0.1) is 37.1 Å². The van der Waals surface area contributed by atoms with Crippen LogP contribution >= 0.6 is 21.6 Å². The normalized spacial score (nSPS) is 28.5. The van der Waals surface area contributed by atoms with Crippen molar-refractivity contribution in [3.05, 3.63) is 18.2 Å². The summed E-state index contributed by atoms with van der Waals surface area (Å²) in [4.78, 5) is 153. The molecule has 2 fully saturated rings. The summed E-state index contributed by atoms with van der Waals surface area (Å²) in [5, 5.41) is 57.7. The number of H-pyrrole nitrogens is 1. The van der Waals surface area contributed by atoms with Crippen molar-refractivity contribution in [1.29, 1.82) is 0 Å². The number of aliphatic carboxylic acids is 1. The van der Waals surface area contributed by atoms with E-state index in [1.807, 2.05) is 0 Å². The Bertz CT molecular complexity index is 2010. The first-order valence-electron chi connectivity index (χ1n) is 21.2. The van der Waals surface area contributed by atoms with Crippen molar-refractivity contribution in [2.75, 3.05) is 18.1 Å². The van der Waals surface area contributed by atoms with E-state index >= 15 is 0 Å². The number of fused-ring (bicyclic) bond motifs is 1. The zero-order valence-corrected chi connectivity index (χ0v) is 38.8. The van der Waals surface area contributed by atoms with E-state index in [1.54, 1.807) is 0 Å². The number of primary amides is 2. The Morgan fingerprint density at radius 2 is 1.24 bits per heavy atom. The van der Waals surface area contributed by atoms with Crippen LogP contribution in [-0.4, -0.2) is 191 Å². The lowest BCUT2D eigenvalue weighted by molar-refractivity contribution is -0.144. The number of carboxylic acids is 1. The van der Waals surface area contributed by atoms with Gasteiger partial charge in [-0.2, -0.15) is 0 Å². The largest absolute Gasteiger partial charge is 0.480 e. The van der Waals surface area contributed by atoms with Crippen LogP contribution in [0.1, 0.15) is 58.6 Å². The Balaban J connectivity index is 2.07. The molecule has 68 heavy (non-hydrogen) atoms. The molecule has 0 radical (unpaired) electrons. The summed E-state index contributed by atoms with van der Waals surface area (Å²) in [6, 6.07) is -14.9. The highest BCUT2D eigenvalue weighted by Crippen LogP contribution is 2.24. The molecule has 0 spiro atoms. The van der Waals surface area contributed by atoms with Gasteiger partial charge in [-0.25, -0.2) is 9.78 Å². The van der Waals surface area contributed by atoms with Gasteiger partial charge in [0.2, 0.25) is 59.1 Å². The molecule has 0 aromatic carbocycles. The van der Waals surface area contributed by atoms with E-state index in [2.05, 4.69) is 47.2 Å². The topological polar surface area (TPSA) is 463 Å². The molecule has 378 valence electrons. The molecule has 28 nitrogen and oxygen atoms in total. The van der Waals surface area contributed by atoms with Gasteiger partial charge in [0.25, 0.3) is 0 Å². The van der Waals surface area contributed by atoms with Crippen molar-refractivity contribution in [3.63, 3.8) is 0 Å². The number of nitrogens with one attached hydrogen (secondary N) is 8. The summed E-state index contributed by atoms with van der Waals surface area (Å²) in [7, 11) is 1.76. The molecule has 3 heterocycles. The second-order valence-corrected chi connectivity index (χ2v) is 18.6. The number of nitrogens with two attached hydrogens (primary N) is 3. The number of aliphatic hydroxyl groups is 3. The van der Waals surface area contributed by atoms with Crippen molar-refractivity contribution in [1.82, 2.24) is 52.1 Å². The van der Waals surface area contributed by atoms with Crippen molar-refractivity contribution in [2.45, 2.75) is 132 Å². The van der Waals surface area contributed by atoms with E-state index in [9.17, 15) is 73.2 Å². The average molecular weight is 1000 g/mol. The van der Waals surface area contributed by atoms with Crippen LogP contribution in [0.4, 0.5) is 0 Å². The fourth-order valence-electron chi connectivity index (χ4n) is 6.79. The van der Waals surface area contributed by atoms with Gasteiger partial charge in [-0.3, -0.25) is 47.9 Å². The number of hydrogen-bond donors (Lipinski definition) is 15. The second-order valence-electron chi connectivity index (χ2n) is 16.1. The summed E-state index contributed by atoms with van der Waals surface area (Å²) in [6.45, 7) is 3.36. The number of imidazole rings is 1. The van der Waals surface area contributed by atoms with Gasteiger partial charge >= 0.3 is 5.97 Å². The molecule has 2 aliphatic heterocycles. The molecule has 1 aromatic rings. The molecule has 30 heteroatoms. The van der Waals surface area contributed by atoms with Crippen LogP contribution in [0.5, 0.6) is 0 Å². The lowest BCUT2D eigenvalue weighted by Gasteiger charge is -2.31. The summed E-state index contributed by atoms with van der Waals surface area (Å²) >= 11 is 0. The van der Waals surface area contributed by atoms with E-state index in [-0.39, 0.29) is 37.3 Å². The highest BCUT2D eigenvalue weighted by molar-refractivity contribution is 8.76. The summed E-state index contributed by atoms with van der Waals surface area (Å²) in [5.41, 5.74) is 17.0. The fraction of sp³-hybridized carbons (Fsp3) is 0.632. The van der Waals surface area contributed by atoms with Gasteiger partial charge in [0, 0.05) is 42.8 Å². The standard InChI is InChI=1S/C38H59N13O15S2/c1-15(52)27-35(62)46-22(10-26(41)56)32(59)44-20(6-7-25(40)55)31(58)48-28(16(2)53)36(63)47-23(38(65)66)13-68-67-12-19(39)30(57)50-29(17(3)54)37(64)51-8-4-5-24(51)34(61)45-21(33(60)49-27)9-18-11-42-14-43-18/h11,14-17,19-24,27-29,52-54H,4-10,12-13,39H2,1-3H3,(H2,40,55)(H2,41,56)(H,42,43)(H,44,59)(H,45,61)(H,46,62)(H,47,63)(H,48,58)(H,49,60)(H,50,57)(H,65,66)/t15-,16-,17-,19+,20+,21+,22+,23+,24+,27+,28+,29+/m1/s1. The summed E-state index contributed by atoms with van der Waals surface area (Å²) < 4.78 is 0. The molecule has 12 atom stereocenters. The number of amides is 10. The third-order valence-electron chi connectivity index (χ3n) is 10.5. The van der Waals surface area contributed by atoms with Gasteiger partial charge in [-0.1, -0.05) is 21.6 Å². The van der Waals surface area contributed by atoms with E-state index in [1.165, 1.54) is 19.4 Å². The highest BCUT2D eigenvalue weighted by Gasteiger charge is 2.42. The molecule has 0 unspecified atom stereocenters.